The quantitative estimate of drug-likeness (QED) is 0.656. The number of hydrogen-bond donors (Lipinski definition) is 1. The van der Waals surface area contributed by atoms with E-state index in [1.807, 2.05) is 23.2 Å². The highest BCUT2D eigenvalue weighted by Crippen LogP contribution is 2.20. The Bertz CT molecular complexity index is 953. The molecular formula is C25H31N3O2. The molecule has 2 heterocycles. The maximum atomic E-state index is 13.2. The lowest BCUT2D eigenvalue weighted by Crippen LogP contribution is -2.37. The second kappa shape index (κ2) is 9.92. The summed E-state index contributed by atoms with van der Waals surface area (Å²) < 4.78 is 5.47. The monoisotopic (exact) mass is 405 g/mol. The molecule has 0 spiro atoms. The van der Waals surface area contributed by atoms with E-state index in [9.17, 15) is 4.79 Å². The molecule has 1 aliphatic heterocycles. The van der Waals surface area contributed by atoms with Gasteiger partial charge in [-0.05, 0) is 23.6 Å². The predicted molar refractivity (Wildman–Crippen MR) is 121 cm³/mol. The van der Waals surface area contributed by atoms with Gasteiger partial charge in [0.05, 0.1) is 13.0 Å². The van der Waals surface area contributed by atoms with E-state index in [0.29, 0.717) is 18.9 Å². The number of nitrogens with one attached hydrogen (secondary N) is 1. The molecule has 1 amide bonds. The first-order valence-corrected chi connectivity index (χ1v) is 10.8. The Morgan fingerprint density at radius 1 is 1.07 bits per heavy atom. The largest absolute Gasteiger partial charge is 0.384 e. The van der Waals surface area contributed by atoms with Gasteiger partial charge >= 0.3 is 0 Å². The van der Waals surface area contributed by atoms with Crippen molar-refractivity contribution in [3.63, 3.8) is 0 Å². The molecule has 4 rings (SSSR count). The summed E-state index contributed by atoms with van der Waals surface area (Å²) in [7, 11) is 1.75. The van der Waals surface area contributed by atoms with Crippen molar-refractivity contribution in [1.29, 1.82) is 0 Å². The van der Waals surface area contributed by atoms with E-state index >= 15 is 0 Å². The van der Waals surface area contributed by atoms with Crippen LogP contribution in [0.15, 0.2) is 60.8 Å². The van der Waals surface area contributed by atoms with Crippen LogP contribution in [0, 0.1) is 5.92 Å². The van der Waals surface area contributed by atoms with Crippen LogP contribution in [0.25, 0.3) is 10.9 Å². The van der Waals surface area contributed by atoms with Crippen molar-refractivity contribution in [3.05, 3.63) is 71.9 Å². The van der Waals surface area contributed by atoms with E-state index in [-0.39, 0.29) is 5.91 Å². The molecule has 1 atom stereocenters. The van der Waals surface area contributed by atoms with Crippen LogP contribution in [0.1, 0.15) is 11.1 Å². The van der Waals surface area contributed by atoms with Crippen molar-refractivity contribution in [2.24, 2.45) is 5.92 Å². The zero-order valence-corrected chi connectivity index (χ0v) is 17.7. The molecule has 0 unspecified atom stereocenters. The highest BCUT2D eigenvalue weighted by molar-refractivity contribution is 5.88. The van der Waals surface area contributed by atoms with Crippen LogP contribution in [0.4, 0.5) is 0 Å². The van der Waals surface area contributed by atoms with E-state index in [1.165, 1.54) is 5.56 Å². The molecule has 0 radical (unpaired) electrons. The van der Waals surface area contributed by atoms with Crippen LogP contribution in [0.5, 0.6) is 0 Å². The van der Waals surface area contributed by atoms with E-state index in [1.54, 1.807) is 7.11 Å². The smallest absolute Gasteiger partial charge is 0.227 e. The summed E-state index contributed by atoms with van der Waals surface area (Å²) in [5, 5.41) is 1.14. The summed E-state index contributed by atoms with van der Waals surface area (Å²) in [4.78, 5) is 20.9. The molecule has 0 aliphatic carbocycles. The van der Waals surface area contributed by atoms with Gasteiger partial charge in [0.25, 0.3) is 0 Å². The van der Waals surface area contributed by atoms with E-state index in [4.69, 9.17) is 4.74 Å². The molecule has 5 heteroatoms. The van der Waals surface area contributed by atoms with Crippen molar-refractivity contribution in [3.8, 4) is 0 Å². The van der Waals surface area contributed by atoms with Crippen LogP contribution >= 0.6 is 0 Å². The van der Waals surface area contributed by atoms with Gasteiger partial charge in [-0.15, -0.1) is 0 Å². The summed E-state index contributed by atoms with van der Waals surface area (Å²) in [5.41, 5.74) is 3.52. The van der Waals surface area contributed by atoms with Gasteiger partial charge in [0, 0.05) is 62.9 Å². The van der Waals surface area contributed by atoms with Crippen LogP contribution in [0.3, 0.4) is 0 Å². The molecule has 0 bridgehead atoms. The molecule has 0 saturated carbocycles. The van der Waals surface area contributed by atoms with Crippen molar-refractivity contribution >= 4 is 16.8 Å². The van der Waals surface area contributed by atoms with Crippen molar-refractivity contribution in [1.82, 2.24) is 14.8 Å². The standard InChI is InChI=1S/C25H31N3O2/c1-30-19-21-17-27(12-11-20-7-3-2-4-8-20)13-14-28(18-21)25(29)15-22-16-26-24-10-6-5-9-23(22)24/h2-10,16,21,26H,11-15,17-19H2,1H3/t21-/m0/s1. The Morgan fingerprint density at radius 2 is 1.87 bits per heavy atom. The van der Waals surface area contributed by atoms with Gasteiger partial charge in [0.15, 0.2) is 0 Å². The Hall–Kier alpha value is -2.63. The van der Waals surface area contributed by atoms with Gasteiger partial charge in [-0.3, -0.25) is 4.79 Å². The summed E-state index contributed by atoms with van der Waals surface area (Å²) in [5.74, 6) is 0.533. The summed E-state index contributed by atoms with van der Waals surface area (Å²) >= 11 is 0. The number of hydrogen-bond acceptors (Lipinski definition) is 3. The maximum Gasteiger partial charge on any atom is 0.227 e. The number of carbonyl (C=O) groups excluding carboxylic acids is 1. The molecule has 1 aromatic heterocycles. The van der Waals surface area contributed by atoms with E-state index in [2.05, 4.69) is 52.3 Å². The fourth-order valence-electron chi connectivity index (χ4n) is 4.43. The Kier molecular flexibility index (Phi) is 6.82. The van der Waals surface area contributed by atoms with Crippen LogP contribution in [-0.4, -0.2) is 67.1 Å². The highest BCUT2D eigenvalue weighted by atomic mass is 16.5. The number of amides is 1. The van der Waals surface area contributed by atoms with Crippen LogP contribution in [-0.2, 0) is 22.4 Å². The maximum absolute atomic E-state index is 13.2. The van der Waals surface area contributed by atoms with Crippen LogP contribution < -0.4 is 0 Å². The van der Waals surface area contributed by atoms with Gasteiger partial charge in [0.2, 0.25) is 5.91 Å². The first kappa shape index (κ1) is 20.6. The Labute approximate surface area is 178 Å². The molecule has 1 fully saturated rings. The first-order chi connectivity index (χ1) is 14.7. The molecular weight excluding hydrogens is 374 g/mol. The lowest BCUT2D eigenvalue weighted by Gasteiger charge is -2.24. The topological polar surface area (TPSA) is 48.6 Å². The van der Waals surface area contributed by atoms with Gasteiger partial charge in [-0.25, -0.2) is 0 Å². The molecule has 30 heavy (non-hydrogen) atoms. The molecule has 2 aromatic carbocycles. The molecule has 5 nitrogen and oxygen atoms in total. The molecule has 1 aliphatic rings. The number of aromatic nitrogens is 1. The van der Waals surface area contributed by atoms with Gasteiger partial charge in [-0.1, -0.05) is 48.5 Å². The molecule has 1 N–H and O–H groups in total. The zero-order valence-electron chi connectivity index (χ0n) is 17.7. The van der Waals surface area contributed by atoms with E-state index < -0.39 is 0 Å². The number of fused-ring (bicyclic) bond motifs is 1. The average Bonchev–Trinajstić information content (AvgIpc) is 3.06. The summed E-state index contributed by atoms with van der Waals surface area (Å²) in [6.07, 6.45) is 3.44. The van der Waals surface area contributed by atoms with Crippen molar-refractivity contribution < 1.29 is 9.53 Å². The minimum Gasteiger partial charge on any atom is -0.384 e. The van der Waals surface area contributed by atoms with Crippen molar-refractivity contribution in [2.45, 2.75) is 12.8 Å². The third-order valence-electron chi connectivity index (χ3n) is 6.01. The van der Waals surface area contributed by atoms with Gasteiger partial charge in [-0.2, -0.15) is 0 Å². The highest BCUT2D eigenvalue weighted by Gasteiger charge is 2.26. The van der Waals surface area contributed by atoms with E-state index in [0.717, 1.165) is 55.6 Å². The fourth-order valence-corrected chi connectivity index (χ4v) is 4.43. The minimum absolute atomic E-state index is 0.200. The number of carbonyl (C=O) groups is 1. The number of nitrogens with zero attached hydrogens (tertiary/aromatic N) is 2. The first-order valence-electron chi connectivity index (χ1n) is 10.8. The molecule has 158 valence electrons. The van der Waals surface area contributed by atoms with Gasteiger partial charge < -0.3 is 19.5 Å². The Balaban J connectivity index is 1.40. The van der Waals surface area contributed by atoms with Crippen molar-refractivity contribution in [2.75, 3.05) is 46.4 Å². The third-order valence-corrected chi connectivity index (χ3v) is 6.01. The second-order valence-corrected chi connectivity index (χ2v) is 8.23. The number of H-pyrrole nitrogens is 1. The van der Waals surface area contributed by atoms with Gasteiger partial charge in [0.1, 0.15) is 0 Å². The lowest BCUT2D eigenvalue weighted by molar-refractivity contribution is -0.130. The lowest BCUT2D eigenvalue weighted by atomic mass is 10.1. The number of aromatic amines is 1. The van der Waals surface area contributed by atoms with Crippen LogP contribution in [0.2, 0.25) is 0 Å². The Morgan fingerprint density at radius 3 is 2.70 bits per heavy atom. The zero-order chi connectivity index (χ0) is 20.8. The molecule has 3 aromatic rings. The number of para-hydroxylation sites is 1. The predicted octanol–water partition coefficient (Wildman–Crippen LogP) is 3.36. The number of benzene rings is 2. The summed E-state index contributed by atoms with van der Waals surface area (Å²) in [6.45, 7) is 5.10. The number of methoxy groups -OCH3 is 1. The third kappa shape index (κ3) is 5.10. The number of ether oxygens (including phenoxy) is 1. The average molecular weight is 406 g/mol. The SMILES string of the molecule is COC[C@H]1CN(CCc2ccccc2)CCN(C(=O)Cc2c[nH]c3ccccc23)C1. The second-order valence-electron chi connectivity index (χ2n) is 8.23. The fraction of sp³-hybridized carbons (Fsp3) is 0.400. The normalized spacial score (nSPS) is 17.9. The minimum atomic E-state index is 0.200. The summed E-state index contributed by atoms with van der Waals surface area (Å²) in [6, 6.07) is 18.8. The molecule has 1 saturated heterocycles. The number of rotatable bonds is 7.